The Kier molecular flexibility index (Phi) is 6.75. The van der Waals surface area contributed by atoms with Crippen molar-refractivity contribution in [3.63, 3.8) is 0 Å². The van der Waals surface area contributed by atoms with Crippen LogP contribution in [-0.4, -0.2) is 30.4 Å². The second kappa shape index (κ2) is 10.0. The molecule has 1 fully saturated rings. The van der Waals surface area contributed by atoms with Crippen molar-refractivity contribution in [2.24, 2.45) is 0 Å². The number of nitrogens with one attached hydrogen (secondary N) is 1. The van der Waals surface area contributed by atoms with Gasteiger partial charge in [-0.2, -0.15) is 0 Å². The van der Waals surface area contributed by atoms with E-state index in [0.29, 0.717) is 35.9 Å². The van der Waals surface area contributed by atoms with E-state index in [0.717, 1.165) is 24.9 Å². The number of methoxy groups -OCH3 is 1. The van der Waals surface area contributed by atoms with Gasteiger partial charge in [0.2, 0.25) is 5.91 Å². The number of hydrogen-bond donors (Lipinski definition) is 1. The van der Waals surface area contributed by atoms with Crippen LogP contribution in [0.15, 0.2) is 65.1 Å². The van der Waals surface area contributed by atoms with Crippen LogP contribution >= 0.6 is 0 Å². The smallest absolute Gasteiger partial charge is 0.291 e. The third-order valence-corrected chi connectivity index (χ3v) is 5.30. The number of ether oxygens (including phenoxy) is 2. The number of furan rings is 1. The van der Waals surface area contributed by atoms with Gasteiger partial charge in [-0.1, -0.05) is 24.3 Å². The summed E-state index contributed by atoms with van der Waals surface area (Å²) < 4.78 is 16.7. The Balaban J connectivity index is 1.35. The van der Waals surface area contributed by atoms with Gasteiger partial charge in [0.25, 0.3) is 5.91 Å². The van der Waals surface area contributed by atoms with Crippen LogP contribution in [0.25, 0.3) is 0 Å². The highest BCUT2D eigenvalue weighted by atomic mass is 16.5. The van der Waals surface area contributed by atoms with Gasteiger partial charge in [0, 0.05) is 25.2 Å². The minimum absolute atomic E-state index is 0.174. The van der Waals surface area contributed by atoms with E-state index in [4.69, 9.17) is 13.9 Å². The van der Waals surface area contributed by atoms with E-state index in [-0.39, 0.29) is 24.2 Å². The molecule has 1 aliphatic rings. The third kappa shape index (κ3) is 5.29. The van der Waals surface area contributed by atoms with Gasteiger partial charge in [-0.25, -0.2) is 0 Å². The second-order valence-electron chi connectivity index (χ2n) is 7.63. The number of nitrogens with zero attached hydrogens (tertiary/aromatic N) is 1. The van der Waals surface area contributed by atoms with Crippen molar-refractivity contribution in [1.82, 2.24) is 4.90 Å². The van der Waals surface area contributed by atoms with Crippen LogP contribution in [0.4, 0.5) is 5.69 Å². The number of anilines is 1. The predicted molar refractivity (Wildman–Crippen MR) is 120 cm³/mol. The van der Waals surface area contributed by atoms with Gasteiger partial charge in [0.15, 0.2) is 17.3 Å². The lowest BCUT2D eigenvalue weighted by Crippen LogP contribution is -2.34. The van der Waals surface area contributed by atoms with E-state index < -0.39 is 0 Å². The molecule has 7 nitrogen and oxygen atoms in total. The second-order valence-corrected chi connectivity index (χ2v) is 7.63. The lowest BCUT2D eigenvalue weighted by atomic mass is 10.1. The van der Waals surface area contributed by atoms with Crippen LogP contribution in [0.1, 0.15) is 41.1 Å². The molecule has 32 heavy (non-hydrogen) atoms. The van der Waals surface area contributed by atoms with Crippen LogP contribution in [0.5, 0.6) is 11.5 Å². The lowest BCUT2D eigenvalue weighted by Gasteiger charge is -2.26. The average Bonchev–Trinajstić information content (AvgIpc) is 3.29. The Bertz CT molecular complexity index is 1090. The molecular weight excluding hydrogens is 408 g/mol. The van der Waals surface area contributed by atoms with Crippen LogP contribution in [-0.2, 0) is 17.9 Å². The summed E-state index contributed by atoms with van der Waals surface area (Å²) in [7, 11) is 1.58. The minimum atomic E-state index is -0.347. The Morgan fingerprint density at radius 2 is 1.91 bits per heavy atom. The summed E-state index contributed by atoms with van der Waals surface area (Å²) in [5, 5.41) is 2.86. The number of rotatable bonds is 8. The molecule has 0 spiro atoms. The molecule has 1 saturated heterocycles. The molecule has 1 aliphatic heterocycles. The molecule has 0 radical (unpaired) electrons. The molecule has 7 heteroatoms. The standard InChI is InChI=1S/C25H26N2O5/c1-30-21-9-2-3-10-22(21)31-17-20-12-13-23(32-20)25(29)26-19-8-6-7-18(15-19)16-27-14-5-4-11-24(27)28/h2-3,6-10,12-13,15H,4-5,11,14,16-17H2,1H3,(H,26,29). The maximum atomic E-state index is 12.6. The first-order valence-electron chi connectivity index (χ1n) is 10.6. The molecular formula is C25H26N2O5. The zero-order chi connectivity index (χ0) is 22.3. The Hall–Kier alpha value is -3.74. The first-order valence-corrected chi connectivity index (χ1v) is 10.6. The molecule has 0 bridgehead atoms. The van der Waals surface area contributed by atoms with Gasteiger partial charge in [-0.15, -0.1) is 0 Å². The SMILES string of the molecule is COc1ccccc1OCc1ccc(C(=O)Nc2cccc(CN3CCCCC3=O)c2)o1. The fourth-order valence-corrected chi connectivity index (χ4v) is 3.65. The molecule has 4 rings (SSSR count). The Morgan fingerprint density at radius 1 is 1.06 bits per heavy atom. The summed E-state index contributed by atoms with van der Waals surface area (Å²) in [5.41, 5.74) is 1.63. The van der Waals surface area contributed by atoms with Gasteiger partial charge in [-0.05, 0) is 54.8 Å². The number of benzene rings is 2. The zero-order valence-corrected chi connectivity index (χ0v) is 18.0. The largest absolute Gasteiger partial charge is 0.493 e. The zero-order valence-electron chi connectivity index (χ0n) is 18.0. The minimum Gasteiger partial charge on any atom is -0.493 e. The number of para-hydroxylation sites is 2. The summed E-state index contributed by atoms with van der Waals surface area (Å²) in [6.45, 7) is 1.50. The first kappa shape index (κ1) is 21.5. The lowest BCUT2D eigenvalue weighted by molar-refractivity contribution is -0.133. The van der Waals surface area contributed by atoms with Crippen molar-refractivity contribution in [2.45, 2.75) is 32.4 Å². The number of likely N-dealkylation sites (tertiary alicyclic amines) is 1. The highest BCUT2D eigenvalue weighted by Gasteiger charge is 2.18. The van der Waals surface area contributed by atoms with Crippen molar-refractivity contribution in [3.05, 3.63) is 77.7 Å². The number of hydrogen-bond acceptors (Lipinski definition) is 5. The summed E-state index contributed by atoms with van der Waals surface area (Å²) in [6, 6.07) is 18.2. The molecule has 2 aromatic carbocycles. The maximum absolute atomic E-state index is 12.6. The van der Waals surface area contributed by atoms with Gasteiger partial charge in [0.1, 0.15) is 12.4 Å². The van der Waals surface area contributed by atoms with Crippen LogP contribution < -0.4 is 14.8 Å². The Labute approximate surface area is 186 Å². The number of carbonyl (C=O) groups is 2. The number of amides is 2. The van der Waals surface area contributed by atoms with E-state index in [9.17, 15) is 9.59 Å². The number of piperidine rings is 1. The fourth-order valence-electron chi connectivity index (χ4n) is 3.65. The summed E-state index contributed by atoms with van der Waals surface area (Å²) in [6.07, 6.45) is 2.60. The Morgan fingerprint density at radius 3 is 2.72 bits per heavy atom. The van der Waals surface area contributed by atoms with Crippen molar-refractivity contribution >= 4 is 17.5 Å². The van der Waals surface area contributed by atoms with Crippen LogP contribution in [0.2, 0.25) is 0 Å². The maximum Gasteiger partial charge on any atom is 0.291 e. The molecule has 1 aromatic heterocycles. The molecule has 0 atom stereocenters. The number of carbonyl (C=O) groups excluding carboxylic acids is 2. The monoisotopic (exact) mass is 434 g/mol. The van der Waals surface area contributed by atoms with E-state index in [1.807, 2.05) is 47.4 Å². The highest BCUT2D eigenvalue weighted by molar-refractivity contribution is 6.02. The highest BCUT2D eigenvalue weighted by Crippen LogP contribution is 2.27. The third-order valence-electron chi connectivity index (χ3n) is 5.30. The normalized spacial score (nSPS) is 13.7. The molecule has 166 valence electrons. The quantitative estimate of drug-likeness (QED) is 0.559. The van der Waals surface area contributed by atoms with E-state index >= 15 is 0 Å². The van der Waals surface area contributed by atoms with Crippen molar-refractivity contribution in [3.8, 4) is 11.5 Å². The van der Waals surface area contributed by atoms with Crippen LogP contribution in [0, 0.1) is 0 Å². The molecule has 3 aromatic rings. The topological polar surface area (TPSA) is 81.0 Å². The molecule has 2 amide bonds. The molecule has 0 aliphatic carbocycles. The van der Waals surface area contributed by atoms with Gasteiger partial charge >= 0.3 is 0 Å². The van der Waals surface area contributed by atoms with Gasteiger partial charge < -0.3 is 24.1 Å². The predicted octanol–water partition coefficient (Wildman–Crippen LogP) is 4.63. The van der Waals surface area contributed by atoms with E-state index in [1.165, 1.54) is 0 Å². The molecule has 0 unspecified atom stereocenters. The molecule has 2 heterocycles. The fraction of sp³-hybridized carbons (Fsp3) is 0.280. The summed E-state index contributed by atoms with van der Waals surface area (Å²) >= 11 is 0. The summed E-state index contributed by atoms with van der Waals surface area (Å²) in [5.74, 6) is 1.78. The van der Waals surface area contributed by atoms with E-state index in [1.54, 1.807) is 25.3 Å². The molecule has 0 saturated carbocycles. The van der Waals surface area contributed by atoms with Crippen molar-refractivity contribution in [1.29, 1.82) is 0 Å². The van der Waals surface area contributed by atoms with E-state index in [2.05, 4.69) is 5.32 Å². The first-order chi connectivity index (χ1) is 15.6. The van der Waals surface area contributed by atoms with Gasteiger partial charge in [-0.3, -0.25) is 9.59 Å². The van der Waals surface area contributed by atoms with Crippen molar-refractivity contribution in [2.75, 3.05) is 19.0 Å². The molecule has 1 N–H and O–H groups in total. The van der Waals surface area contributed by atoms with Crippen LogP contribution in [0.3, 0.4) is 0 Å². The average molecular weight is 434 g/mol. The van der Waals surface area contributed by atoms with Crippen molar-refractivity contribution < 1.29 is 23.5 Å². The summed E-state index contributed by atoms with van der Waals surface area (Å²) in [4.78, 5) is 26.5. The van der Waals surface area contributed by atoms with Gasteiger partial charge in [0.05, 0.1) is 7.11 Å².